The number of rotatable bonds is 7. The van der Waals surface area contributed by atoms with E-state index in [4.69, 9.17) is 9.47 Å². The van der Waals surface area contributed by atoms with Crippen molar-refractivity contribution in [2.75, 3.05) is 12.4 Å². The lowest BCUT2D eigenvalue weighted by atomic mass is 10.2. The summed E-state index contributed by atoms with van der Waals surface area (Å²) in [6, 6.07) is 10.5. The second-order valence-corrected chi connectivity index (χ2v) is 7.21. The van der Waals surface area contributed by atoms with Gasteiger partial charge in [0.2, 0.25) is 5.13 Å². The molecule has 3 aromatic heterocycles. The summed E-state index contributed by atoms with van der Waals surface area (Å²) in [5.41, 5.74) is 2.10. The molecule has 10 heteroatoms. The van der Waals surface area contributed by atoms with Crippen molar-refractivity contribution in [3.8, 4) is 22.1 Å². The van der Waals surface area contributed by atoms with Crippen molar-refractivity contribution < 1.29 is 14.3 Å². The van der Waals surface area contributed by atoms with Gasteiger partial charge in [-0.05, 0) is 36.4 Å². The smallest absolute Gasteiger partial charge is 0.257 e. The van der Waals surface area contributed by atoms with Crippen molar-refractivity contribution in [1.29, 1.82) is 0 Å². The van der Waals surface area contributed by atoms with Gasteiger partial charge >= 0.3 is 0 Å². The zero-order chi connectivity index (χ0) is 20.9. The van der Waals surface area contributed by atoms with E-state index in [0.29, 0.717) is 33.8 Å². The van der Waals surface area contributed by atoms with Crippen LogP contribution < -0.4 is 14.8 Å². The SMILES string of the molecule is COc1cc(C(=O)Nc2nnc(-c3ccncc3)s2)ccc1OCc1ccn(C)n1. The molecule has 1 N–H and O–H groups in total. The van der Waals surface area contributed by atoms with Crippen molar-refractivity contribution in [2.45, 2.75) is 6.61 Å². The fourth-order valence-electron chi connectivity index (χ4n) is 2.67. The molecule has 152 valence electrons. The summed E-state index contributed by atoms with van der Waals surface area (Å²) in [6.07, 6.45) is 5.20. The van der Waals surface area contributed by atoms with Crippen LogP contribution in [-0.2, 0) is 13.7 Å². The summed E-state index contributed by atoms with van der Waals surface area (Å²) in [7, 11) is 3.37. The van der Waals surface area contributed by atoms with E-state index >= 15 is 0 Å². The molecule has 0 saturated carbocycles. The monoisotopic (exact) mass is 422 g/mol. The molecule has 0 saturated heterocycles. The second kappa shape index (κ2) is 8.70. The van der Waals surface area contributed by atoms with Gasteiger partial charge in [-0.15, -0.1) is 10.2 Å². The van der Waals surface area contributed by atoms with Crippen LogP contribution in [-0.4, -0.2) is 38.0 Å². The van der Waals surface area contributed by atoms with E-state index in [1.54, 1.807) is 35.3 Å². The van der Waals surface area contributed by atoms with Crippen LogP contribution in [0.4, 0.5) is 5.13 Å². The van der Waals surface area contributed by atoms with Crippen LogP contribution in [0.3, 0.4) is 0 Å². The van der Waals surface area contributed by atoms with E-state index < -0.39 is 0 Å². The molecule has 30 heavy (non-hydrogen) atoms. The summed E-state index contributed by atoms with van der Waals surface area (Å²) in [5, 5.41) is 16.3. The third kappa shape index (κ3) is 4.44. The lowest BCUT2D eigenvalue weighted by Crippen LogP contribution is -2.12. The summed E-state index contributed by atoms with van der Waals surface area (Å²) in [4.78, 5) is 16.6. The fourth-order valence-corrected chi connectivity index (χ4v) is 3.42. The van der Waals surface area contributed by atoms with Gasteiger partial charge in [0.25, 0.3) is 5.91 Å². The number of nitrogens with one attached hydrogen (secondary N) is 1. The molecule has 9 nitrogen and oxygen atoms in total. The first-order valence-corrected chi connectivity index (χ1v) is 9.78. The minimum absolute atomic E-state index is 0.297. The van der Waals surface area contributed by atoms with Crippen molar-refractivity contribution >= 4 is 22.4 Å². The average molecular weight is 422 g/mol. The average Bonchev–Trinajstić information content (AvgIpc) is 3.41. The molecule has 0 aliphatic heterocycles. The fraction of sp³-hybridized carbons (Fsp3) is 0.150. The first kappa shape index (κ1) is 19.5. The molecule has 0 aliphatic rings. The van der Waals surface area contributed by atoms with Crippen LogP contribution in [0.2, 0.25) is 0 Å². The van der Waals surface area contributed by atoms with E-state index in [1.165, 1.54) is 18.4 Å². The van der Waals surface area contributed by atoms with Gasteiger partial charge in [0.05, 0.1) is 12.8 Å². The molecule has 0 fully saturated rings. The molecule has 1 amide bonds. The molecule has 3 heterocycles. The third-order valence-electron chi connectivity index (χ3n) is 4.14. The minimum Gasteiger partial charge on any atom is -0.493 e. The standard InChI is InChI=1S/C20H18N6O3S/c1-26-10-7-15(25-26)12-29-16-4-3-14(11-17(16)28-2)18(27)22-20-24-23-19(30-20)13-5-8-21-9-6-13/h3-11H,12H2,1-2H3,(H,22,24,27). The molecular formula is C20H18N6O3S. The van der Waals surface area contributed by atoms with Gasteiger partial charge in [0, 0.05) is 36.8 Å². The van der Waals surface area contributed by atoms with Crippen LogP contribution in [0.5, 0.6) is 11.5 Å². The highest BCUT2D eigenvalue weighted by atomic mass is 32.1. The van der Waals surface area contributed by atoms with Crippen LogP contribution in [0.25, 0.3) is 10.6 Å². The Kier molecular flexibility index (Phi) is 5.66. The van der Waals surface area contributed by atoms with Gasteiger partial charge in [-0.2, -0.15) is 5.10 Å². The Morgan fingerprint density at radius 3 is 2.70 bits per heavy atom. The predicted octanol–water partition coefficient (Wildman–Crippen LogP) is 3.17. The zero-order valence-electron chi connectivity index (χ0n) is 16.3. The van der Waals surface area contributed by atoms with E-state index in [2.05, 4.69) is 25.6 Å². The number of methoxy groups -OCH3 is 1. The number of anilines is 1. The number of hydrogen-bond acceptors (Lipinski definition) is 8. The normalized spacial score (nSPS) is 10.6. The van der Waals surface area contributed by atoms with E-state index in [1.807, 2.05) is 31.4 Å². The second-order valence-electron chi connectivity index (χ2n) is 6.24. The Labute approximate surface area is 176 Å². The van der Waals surface area contributed by atoms with Crippen LogP contribution >= 0.6 is 11.3 Å². The van der Waals surface area contributed by atoms with E-state index in [0.717, 1.165) is 11.3 Å². The summed E-state index contributed by atoms with van der Waals surface area (Å²) >= 11 is 1.28. The quantitative estimate of drug-likeness (QED) is 0.488. The number of nitrogens with zero attached hydrogens (tertiary/aromatic N) is 5. The number of aromatic nitrogens is 5. The Morgan fingerprint density at radius 1 is 1.13 bits per heavy atom. The number of hydrogen-bond donors (Lipinski definition) is 1. The number of ether oxygens (including phenoxy) is 2. The molecule has 0 spiro atoms. The lowest BCUT2D eigenvalue weighted by Gasteiger charge is -2.11. The maximum Gasteiger partial charge on any atom is 0.257 e. The lowest BCUT2D eigenvalue weighted by molar-refractivity contribution is 0.102. The Morgan fingerprint density at radius 2 is 1.97 bits per heavy atom. The number of benzene rings is 1. The van der Waals surface area contributed by atoms with Gasteiger partial charge in [-0.25, -0.2) is 0 Å². The highest BCUT2D eigenvalue weighted by molar-refractivity contribution is 7.18. The zero-order valence-corrected chi connectivity index (χ0v) is 17.1. The molecule has 0 atom stereocenters. The Bertz CT molecular complexity index is 1160. The van der Waals surface area contributed by atoms with Gasteiger partial charge in [-0.1, -0.05) is 11.3 Å². The topological polar surface area (TPSA) is 104 Å². The maximum atomic E-state index is 12.6. The van der Waals surface area contributed by atoms with E-state index in [-0.39, 0.29) is 5.91 Å². The number of amides is 1. The highest BCUT2D eigenvalue weighted by Gasteiger charge is 2.14. The molecule has 0 unspecified atom stereocenters. The predicted molar refractivity (Wildman–Crippen MR) is 112 cm³/mol. The van der Waals surface area contributed by atoms with Crippen LogP contribution in [0.1, 0.15) is 16.1 Å². The number of carbonyl (C=O) groups excluding carboxylic acids is 1. The summed E-state index contributed by atoms with van der Waals surface area (Å²) in [5.74, 6) is 0.658. The van der Waals surface area contributed by atoms with Crippen molar-refractivity contribution in [3.05, 3.63) is 66.2 Å². The molecule has 0 radical (unpaired) electrons. The Hall–Kier alpha value is -3.79. The first-order chi connectivity index (χ1) is 14.6. The van der Waals surface area contributed by atoms with Crippen LogP contribution in [0, 0.1) is 0 Å². The molecule has 0 bridgehead atoms. The number of pyridine rings is 1. The van der Waals surface area contributed by atoms with Crippen LogP contribution in [0.15, 0.2) is 55.0 Å². The maximum absolute atomic E-state index is 12.6. The number of aryl methyl sites for hydroxylation is 1. The van der Waals surface area contributed by atoms with E-state index in [9.17, 15) is 4.79 Å². The molecular weight excluding hydrogens is 404 g/mol. The largest absolute Gasteiger partial charge is 0.493 e. The van der Waals surface area contributed by atoms with Crippen molar-refractivity contribution in [1.82, 2.24) is 25.0 Å². The summed E-state index contributed by atoms with van der Waals surface area (Å²) < 4.78 is 12.9. The van der Waals surface area contributed by atoms with Gasteiger partial charge < -0.3 is 9.47 Å². The Balaban J connectivity index is 1.44. The molecule has 4 rings (SSSR count). The van der Waals surface area contributed by atoms with Gasteiger partial charge in [-0.3, -0.25) is 19.8 Å². The minimum atomic E-state index is -0.318. The molecule has 1 aromatic carbocycles. The highest BCUT2D eigenvalue weighted by Crippen LogP contribution is 2.30. The van der Waals surface area contributed by atoms with Crippen molar-refractivity contribution in [2.24, 2.45) is 7.05 Å². The third-order valence-corrected chi connectivity index (χ3v) is 5.03. The summed E-state index contributed by atoms with van der Waals surface area (Å²) in [6.45, 7) is 0.297. The first-order valence-electron chi connectivity index (χ1n) is 8.97. The van der Waals surface area contributed by atoms with Gasteiger partial charge in [0.15, 0.2) is 11.5 Å². The van der Waals surface area contributed by atoms with Crippen molar-refractivity contribution in [3.63, 3.8) is 0 Å². The molecule has 4 aromatic rings. The molecule has 0 aliphatic carbocycles. The van der Waals surface area contributed by atoms with Gasteiger partial charge in [0.1, 0.15) is 11.6 Å². The number of carbonyl (C=O) groups is 1.